The predicted octanol–water partition coefficient (Wildman–Crippen LogP) is 7.79. The van der Waals surface area contributed by atoms with E-state index in [1.54, 1.807) is 24.3 Å². The lowest BCUT2D eigenvalue weighted by atomic mass is 9.99. The molecule has 4 nitrogen and oxygen atoms in total. The Labute approximate surface area is 206 Å². The molecular weight excluding hydrogens is 424 g/mol. The molecule has 0 bridgehead atoms. The second-order valence-electron chi connectivity index (χ2n) is 9.32. The number of ketones is 1. The minimum absolute atomic E-state index is 0.319. The number of carbonyl (C=O) groups excluding carboxylic acids is 1. The Kier molecular flexibility index (Phi) is 12.8. The van der Waals surface area contributed by atoms with Crippen molar-refractivity contribution in [2.24, 2.45) is 11.8 Å². The molecule has 1 N–H and O–H groups in total. The van der Waals surface area contributed by atoms with Gasteiger partial charge in [0.15, 0.2) is 5.78 Å². The van der Waals surface area contributed by atoms with Crippen molar-refractivity contribution in [3.8, 4) is 11.5 Å². The molecule has 0 amide bonds. The number of aliphatic hydroxyl groups is 1. The van der Waals surface area contributed by atoms with Gasteiger partial charge in [0.25, 0.3) is 0 Å². The molecule has 0 heterocycles. The lowest BCUT2D eigenvalue weighted by Gasteiger charge is -2.17. The summed E-state index contributed by atoms with van der Waals surface area (Å²) in [5.41, 5.74) is 1.04. The summed E-state index contributed by atoms with van der Waals surface area (Å²) in [6.45, 7) is 10.2. The maximum absolute atomic E-state index is 12.8. The minimum atomic E-state index is -1.20. The smallest absolute Gasteiger partial charge is 0.195 e. The first-order valence-electron chi connectivity index (χ1n) is 13.2. The third-order valence-electron chi connectivity index (χ3n) is 6.64. The van der Waals surface area contributed by atoms with Gasteiger partial charge in [0, 0.05) is 5.56 Å². The number of Topliss-reactive ketones (excluding diaryl/α,β-unsaturated/α-hetero) is 1. The highest BCUT2D eigenvalue weighted by atomic mass is 16.5. The minimum Gasteiger partial charge on any atom is -0.493 e. The van der Waals surface area contributed by atoms with E-state index in [0.29, 0.717) is 36.2 Å². The van der Waals surface area contributed by atoms with Crippen LogP contribution in [0.25, 0.3) is 0 Å². The van der Waals surface area contributed by atoms with Crippen LogP contribution in [0.4, 0.5) is 0 Å². The van der Waals surface area contributed by atoms with Gasteiger partial charge in [-0.25, -0.2) is 0 Å². The summed E-state index contributed by atoms with van der Waals surface area (Å²) in [7, 11) is 0. The van der Waals surface area contributed by atoms with Crippen LogP contribution >= 0.6 is 0 Å². The van der Waals surface area contributed by atoms with E-state index in [2.05, 4.69) is 27.7 Å². The van der Waals surface area contributed by atoms with Gasteiger partial charge in [-0.05, 0) is 66.6 Å². The standard InChI is InChI=1S/C30H44O4/c1-5-9-11-23(7-3)21-33-27-17-13-25(14-18-27)29(31)30(32)26-15-19-28(20-16-26)34-22-24(8-4)12-10-6-2/h13-20,23-24,29,31H,5-12,21-22H2,1-4H3. The summed E-state index contributed by atoms with van der Waals surface area (Å²) >= 11 is 0. The van der Waals surface area contributed by atoms with Gasteiger partial charge in [-0.15, -0.1) is 0 Å². The first kappa shape index (κ1) is 27.9. The molecule has 0 spiro atoms. The largest absolute Gasteiger partial charge is 0.493 e. The number of rotatable bonds is 17. The number of ether oxygens (including phenoxy) is 2. The van der Waals surface area contributed by atoms with Gasteiger partial charge >= 0.3 is 0 Å². The summed E-state index contributed by atoms with van der Waals surface area (Å²) in [6.07, 6.45) is 8.20. The average molecular weight is 469 g/mol. The van der Waals surface area contributed by atoms with E-state index in [4.69, 9.17) is 9.47 Å². The molecule has 0 aliphatic heterocycles. The molecule has 0 saturated carbocycles. The van der Waals surface area contributed by atoms with E-state index in [-0.39, 0.29) is 5.78 Å². The molecule has 0 aliphatic rings. The van der Waals surface area contributed by atoms with Crippen LogP contribution in [0.1, 0.15) is 101 Å². The van der Waals surface area contributed by atoms with Gasteiger partial charge in [-0.1, -0.05) is 78.4 Å². The van der Waals surface area contributed by atoms with E-state index in [9.17, 15) is 9.90 Å². The lowest BCUT2D eigenvalue weighted by molar-refractivity contribution is 0.0747. The monoisotopic (exact) mass is 468 g/mol. The van der Waals surface area contributed by atoms with Gasteiger partial charge < -0.3 is 14.6 Å². The fourth-order valence-electron chi connectivity index (χ4n) is 4.00. The molecule has 0 fully saturated rings. The molecule has 2 aromatic carbocycles. The van der Waals surface area contributed by atoms with Crippen molar-refractivity contribution in [2.45, 2.75) is 85.2 Å². The Morgan fingerprint density at radius 3 is 1.59 bits per heavy atom. The Hall–Kier alpha value is -2.33. The van der Waals surface area contributed by atoms with Crippen LogP contribution in [-0.2, 0) is 0 Å². The fourth-order valence-corrected chi connectivity index (χ4v) is 4.00. The summed E-state index contributed by atoms with van der Waals surface area (Å²) in [5.74, 6) is 2.32. The van der Waals surface area contributed by atoms with E-state index in [1.807, 2.05) is 24.3 Å². The molecule has 0 saturated heterocycles. The molecular formula is C30H44O4. The third-order valence-corrected chi connectivity index (χ3v) is 6.64. The maximum atomic E-state index is 12.8. The van der Waals surface area contributed by atoms with Crippen molar-refractivity contribution in [1.29, 1.82) is 0 Å². The highest BCUT2D eigenvalue weighted by Gasteiger charge is 2.19. The molecule has 0 aromatic heterocycles. The molecule has 4 heteroatoms. The maximum Gasteiger partial charge on any atom is 0.195 e. The molecule has 0 aliphatic carbocycles. The molecule has 188 valence electrons. The lowest BCUT2D eigenvalue weighted by Crippen LogP contribution is -2.13. The average Bonchev–Trinajstić information content (AvgIpc) is 2.88. The Morgan fingerprint density at radius 2 is 1.18 bits per heavy atom. The van der Waals surface area contributed by atoms with Crippen molar-refractivity contribution in [1.82, 2.24) is 0 Å². The predicted molar refractivity (Wildman–Crippen MR) is 140 cm³/mol. The quantitative estimate of drug-likeness (QED) is 0.241. The van der Waals surface area contributed by atoms with E-state index >= 15 is 0 Å². The van der Waals surface area contributed by atoms with Crippen LogP contribution in [0.3, 0.4) is 0 Å². The van der Waals surface area contributed by atoms with Gasteiger partial charge in [-0.3, -0.25) is 4.79 Å². The number of carbonyl (C=O) groups is 1. The molecule has 3 atom stereocenters. The van der Waals surface area contributed by atoms with Crippen LogP contribution in [0.2, 0.25) is 0 Å². The first-order chi connectivity index (χ1) is 16.5. The summed E-state index contributed by atoms with van der Waals surface area (Å²) in [4.78, 5) is 12.8. The second-order valence-corrected chi connectivity index (χ2v) is 9.32. The number of hydrogen-bond donors (Lipinski definition) is 1. The molecule has 34 heavy (non-hydrogen) atoms. The number of hydrogen-bond acceptors (Lipinski definition) is 4. The molecule has 2 aromatic rings. The van der Waals surface area contributed by atoms with Crippen LogP contribution in [0.5, 0.6) is 11.5 Å². The van der Waals surface area contributed by atoms with Crippen molar-refractivity contribution in [2.75, 3.05) is 13.2 Å². The Balaban J connectivity index is 1.89. The fraction of sp³-hybridized carbons (Fsp3) is 0.567. The van der Waals surface area contributed by atoms with Crippen LogP contribution in [0.15, 0.2) is 48.5 Å². The van der Waals surface area contributed by atoms with E-state index in [0.717, 1.165) is 24.3 Å². The van der Waals surface area contributed by atoms with E-state index in [1.165, 1.54) is 38.5 Å². The zero-order valence-corrected chi connectivity index (χ0v) is 21.6. The Morgan fingerprint density at radius 1 is 0.735 bits per heavy atom. The number of benzene rings is 2. The molecule has 0 radical (unpaired) electrons. The van der Waals surface area contributed by atoms with Gasteiger partial charge in [0.2, 0.25) is 0 Å². The van der Waals surface area contributed by atoms with Crippen molar-refractivity contribution in [3.05, 3.63) is 59.7 Å². The Bertz CT molecular complexity index is 813. The number of unbranched alkanes of at least 4 members (excludes halogenated alkanes) is 2. The van der Waals surface area contributed by atoms with Crippen molar-refractivity contribution < 1.29 is 19.4 Å². The summed E-state index contributed by atoms with van der Waals surface area (Å²) in [6, 6.07) is 14.3. The highest BCUT2D eigenvalue weighted by Crippen LogP contribution is 2.24. The first-order valence-corrected chi connectivity index (χ1v) is 13.2. The summed E-state index contributed by atoms with van der Waals surface area (Å²) < 4.78 is 11.9. The van der Waals surface area contributed by atoms with Crippen molar-refractivity contribution in [3.63, 3.8) is 0 Å². The topological polar surface area (TPSA) is 55.8 Å². The van der Waals surface area contributed by atoms with Gasteiger partial charge in [-0.2, -0.15) is 0 Å². The van der Waals surface area contributed by atoms with Crippen LogP contribution in [-0.4, -0.2) is 24.1 Å². The molecule has 3 unspecified atom stereocenters. The normalized spacial score (nSPS) is 13.8. The SMILES string of the molecule is CCCCC(CC)COc1ccc(C(=O)C(O)c2ccc(OCC(CC)CCCC)cc2)cc1. The zero-order chi connectivity index (χ0) is 24.8. The van der Waals surface area contributed by atoms with Crippen LogP contribution in [0, 0.1) is 11.8 Å². The van der Waals surface area contributed by atoms with Gasteiger partial charge in [0.1, 0.15) is 17.6 Å². The zero-order valence-electron chi connectivity index (χ0n) is 21.6. The molecule has 2 rings (SSSR count). The second kappa shape index (κ2) is 15.5. The van der Waals surface area contributed by atoms with E-state index < -0.39 is 6.10 Å². The van der Waals surface area contributed by atoms with Gasteiger partial charge in [0.05, 0.1) is 13.2 Å². The highest BCUT2D eigenvalue weighted by molar-refractivity contribution is 5.99. The van der Waals surface area contributed by atoms with Crippen molar-refractivity contribution >= 4 is 5.78 Å². The third kappa shape index (κ3) is 9.13. The van der Waals surface area contributed by atoms with Crippen LogP contribution < -0.4 is 9.47 Å². The number of aliphatic hydroxyl groups excluding tert-OH is 1. The summed E-state index contributed by atoms with van der Waals surface area (Å²) in [5, 5.41) is 10.6.